The summed E-state index contributed by atoms with van der Waals surface area (Å²) in [6, 6.07) is 9.19. The normalized spacial score (nSPS) is 12.1. The van der Waals surface area contributed by atoms with Crippen LogP contribution in [0.4, 0.5) is 0 Å². The van der Waals surface area contributed by atoms with E-state index in [1.807, 2.05) is 30.3 Å². The van der Waals surface area contributed by atoms with Crippen molar-refractivity contribution in [2.45, 2.75) is 18.9 Å². The first-order chi connectivity index (χ1) is 7.74. The largest absolute Gasteiger partial charge is 0.480 e. The second-order valence-corrected chi connectivity index (χ2v) is 3.44. The summed E-state index contributed by atoms with van der Waals surface area (Å²) in [6.45, 7) is 0. The molecule has 4 nitrogen and oxygen atoms in total. The number of benzene rings is 1. The van der Waals surface area contributed by atoms with E-state index in [0.717, 1.165) is 12.0 Å². The minimum absolute atomic E-state index is 0.527. The maximum atomic E-state index is 10.9. The molecule has 0 aliphatic carbocycles. The number of hydrogen-bond acceptors (Lipinski definition) is 3. The fourth-order valence-corrected chi connectivity index (χ4v) is 1.38. The second kappa shape index (κ2) is 7.03. The van der Waals surface area contributed by atoms with E-state index in [2.05, 4.69) is 9.88 Å². The maximum Gasteiger partial charge on any atom is 0.396 e. The van der Waals surface area contributed by atoms with Crippen LogP contribution in [-0.4, -0.2) is 31.8 Å². The molecule has 5 heteroatoms. The molecule has 0 saturated carbocycles. The van der Waals surface area contributed by atoms with E-state index in [1.165, 1.54) is 14.7 Å². The molecule has 2 N–H and O–H groups in total. The van der Waals surface area contributed by atoms with Crippen LogP contribution in [0, 0.1) is 0 Å². The number of hydrogen-bond donors (Lipinski definition) is 2. The Balaban J connectivity index is 2.41. The Morgan fingerprint density at radius 1 is 1.50 bits per heavy atom. The molecule has 1 radical (unpaired) electrons. The van der Waals surface area contributed by atoms with Gasteiger partial charge in [0.05, 0.1) is 6.04 Å². The van der Waals surface area contributed by atoms with Gasteiger partial charge in [-0.05, 0) is 18.4 Å². The van der Waals surface area contributed by atoms with Crippen molar-refractivity contribution >= 4 is 13.6 Å². The number of aliphatic carboxylic acids is 1. The standard InChI is InChI=1S/C11H15BNO3/c1-16-12-13-10(11(14)15)8-7-9-5-3-2-4-6-9/h2-6,10,13H,7-8H2,1H3,(H,14,15)/t10-/m1/s1. The topological polar surface area (TPSA) is 58.6 Å². The van der Waals surface area contributed by atoms with E-state index in [4.69, 9.17) is 5.11 Å². The van der Waals surface area contributed by atoms with E-state index < -0.39 is 12.0 Å². The van der Waals surface area contributed by atoms with Crippen molar-refractivity contribution in [3.05, 3.63) is 35.9 Å². The van der Waals surface area contributed by atoms with Crippen molar-refractivity contribution in [3.8, 4) is 0 Å². The number of carboxylic acids is 1. The Bertz CT molecular complexity index is 318. The third-order valence-electron chi connectivity index (χ3n) is 2.25. The third-order valence-corrected chi connectivity index (χ3v) is 2.25. The molecule has 0 aromatic heterocycles. The third kappa shape index (κ3) is 4.46. The highest BCUT2D eigenvalue weighted by Crippen LogP contribution is 2.05. The average Bonchev–Trinajstić information content (AvgIpc) is 2.30. The van der Waals surface area contributed by atoms with Gasteiger partial charge in [0, 0.05) is 7.11 Å². The molecule has 1 atom stereocenters. The summed E-state index contributed by atoms with van der Waals surface area (Å²) >= 11 is 0. The van der Waals surface area contributed by atoms with Crippen LogP contribution < -0.4 is 5.23 Å². The van der Waals surface area contributed by atoms with Gasteiger partial charge < -0.3 is 15.0 Å². The second-order valence-electron chi connectivity index (χ2n) is 3.44. The van der Waals surface area contributed by atoms with Gasteiger partial charge in [-0.2, -0.15) is 0 Å². The van der Waals surface area contributed by atoms with Crippen molar-refractivity contribution in [2.24, 2.45) is 0 Å². The SMILES string of the molecule is CO[B]N[C@H](CCc1ccccc1)C(=O)O. The molecule has 0 saturated heterocycles. The van der Waals surface area contributed by atoms with Gasteiger partial charge in [-0.1, -0.05) is 30.3 Å². The molecule has 0 spiro atoms. The number of rotatable bonds is 7. The Morgan fingerprint density at radius 3 is 2.75 bits per heavy atom. The zero-order chi connectivity index (χ0) is 11.8. The van der Waals surface area contributed by atoms with Crippen LogP contribution in [-0.2, 0) is 15.9 Å². The number of nitrogens with one attached hydrogen (secondary N) is 1. The summed E-state index contributed by atoms with van der Waals surface area (Å²) in [5.41, 5.74) is 1.13. The molecular weight excluding hydrogens is 205 g/mol. The number of carboxylic acid groups (broad SMARTS) is 1. The number of carbonyl (C=O) groups is 1. The van der Waals surface area contributed by atoms with Crippen molar-refractivity contribution < 1.29 is 14.6 Å². The van der Waals surface area contributed by atoms with Crippen LogP contribution in [0.3, 0.4) is 0 Å². The molecule has 1 aromatic rings. The van der Waals surface area contributed by atoms with Crippen LogP contribution >= 0.6 is 0 Å². The summed E-state index contributed by atoms with van der Waals surface area (Å²) in [6.07, 6.45) is 1.25. The lowest BCUT2D eigenvalue weighted by molar-refractivity contribution is -0.139. The molecular formula is C11H15BNO3. The summed E-state index contributed by atoms with van der Waals surface area (Å²) < 4.78 is 4.68. The summed E-state index contributed by atoms with van der Waals surface area (Å²) in [5.74, 6) is -0.871. The van der Waals surface area contributed by atoms with E-state index in [0.29, 0.717) is 6.42 Å². The zero-order valence-electron chi connectivity index (χ0n) is 9.22. The lowest BCUT2D eigenvalue weighted by Crippen LogP contribution is -2.40. The van der Waals surface area contributed by atoms with Crippen molar-refractivity contribution in [3.63, 3.8) is 0 Å². The highest BCUT2D eigenvalue weighted by Gasteiger charge is 2.16. The highest BCUT2D eigenvalue weighted by atomic mass is 16.4. The van der Waals surface area contributed by atoms with Crippen LogP contribution in [0.15, 0.2) is 30.3 Å². The summed E-state index contributed by atoms with van der Waals surface area (Å²) in [5, 5.41) is 11.6. The lowest BCUT2D eigenvalue weighted by atomic mass is 10.0. The molecule has 85 valence electrons. The van der Waals surface area contributed by atoms with Gasteiger partial charge in [0.15, 0.2) is 0 Å². The van der Waals surface area contributed by atoms with E-state index in [-0.39, 0.29) is 0 Å². The predicted octanol–water partition coefficient (Wildman–Crippen LogP) is 0.843. The summed E-state index contributed by atoms with van der Waals surface area (Å²) in [4.78, 5) is 10.9. The molecule has 0 aliphatic heterocycles. The van der Waals surface area contributed by atoms with Crippen molar-refractivity contribution in [1.82, 2.24) is 5.23 Å². The minimum atomic E-state index is -0.871. The fraction of sp³-hybridized carbons (Fsp3) is 0.364. The van der Waals surface area contributed by atoms with Gasteiger partial charge in [-0.25, -0.2) is 0 Å². The molecule has 0 heterocycles. The Hall–Kier alpha value is -1.33. The first-order valence-electron chi connectivity index (χ1n) is 5.11. The first-order valence-corrected chi connectivity index (χ1v) is 5.11. The van der Waals surface area contributed by atoms with Crippen LogP contribution in [0.5, 0.6) is 0 Å². The molecule has 0 bridgehead atoms. The molecule has 1 rings (SSSR count). The van der Waals surface area contributed by atoms with Gasteiger partial charge in [-0.15, -0.1) is 0 Å². The first kappa shape index (κ1) is 12.7. The van der Waals surface area contributed by atoms with Gasteiger partial charge >= 0.3 is 13.6 Å². The molecule has 0 aliphatic rings. The van der Waals surface area contributed by atoms with Gasteiger partial charge in [0.1, 0.15) is 0 Å². The summed E-state index contributed by atoms with van der Waals surface area (Å²) in [7, 11) is 2.77. The van der Waals surface area contributed by atoms with Gasteiger partial charge in [0.25, 0.3) is 0 Å². The van der Waals surface area contributed by atoms with E-state index in [1.54, 1.807) is 0 Å². The van der Waals surface area contributed by atoms with Crippen LogP contribution in [0.1, 0.15) is 12.0 Å². The molecule has 0 unspecified atom stereocenters. The van der Waals surface area contributed by atoms with Crippen LogP contribution in [0.2, 0.25) is 0 Å². The zero-order valence-corrected chi connectivity index (χ0v) is 9.22. The smallest absolute Gasteiger partial charge is 0.396 e. The van der Waals surface area contributed by atoms with Crippen molar-refractivity contribution in [1.29, 1.82) is 0 Å². The predicted molar refractivity (Wildman–Crippen MR) is 62.1 cm³/mol. The van der Waals surface area contributed by atoms with Crippen molar-refractivity contribution in [2.75, 3.05) is 7.11 Å². The lowest BCUT2D eigenvalue weighted by Gasteiger charge is -2.12. The monoisotopic (exact) mass is 220 g/mol. The number of aryl methyl sites for hydroxylation is 1. The van der Waals surface area contributed by atoms with E-state index in [9.17, 15) is 4.79 Å². The minimum Gasteiger partial charge on any atom is -0.480 e. The molecule has 0 amide bonds. The average molecular weight is 220 g/mol. The highest BCUT2D eigenvalue weighted by molar-refractivity contribution is 6.24. The molecule has 16 heavy (non-hydrogen) atoms. The maximum absolute atomic E-state index is 10.9. The van der Waals surface area contributed by atoms with Gasteiger partial charge in [0.2, 0.25) is 0 Å². The Kier molecular flexibility index (Phi) is 5.60. The quantitative estimate of drug-likeness (QED) is 0.668. The molecule has 1 aromatic carbocycles. The fourth-order valence-electron chi connectivity index (χ4n) is 1.38. The molecule has 0 fully saturated rings. The van der Waals surface area contributed by atoms with E-state index >= 15 is 0 Å². The van der Waals surface area contributed by atoms with Gasteiger partial charge in [-0.3, -0.25) is 4.79 Å². The Morgan fingerprint density at radius 2 is 2.19 bits per heavy atom. The van der Waals surface area contributed by atoms with Crippen LogP contribution in [0.25, 0.3) is 0 Å². The Labute approximate surface area is 95.9 Å².